The monoisotopic (exact) mass is 363 g/mol. The quantitative estimate of drug-likeness (QED) is 0.799. The number of hydrogen-bond acceptors (Lipinski definition) is 4. The lowest BCUT2D eigenvalue weighted by Gasteiger charge is -2.19. The molecule has 134 valence electrons. The Morgan fingerprint density at radius 3 is 2.20 bits per heavy atom. The zero-order chi connectivity index (χ0) is 18.4. The highest BCUT2D eigenvalue weighted by Gasteiger charge is 2.17. The van der Waals surface area contributed by atoms with Crippen molar-refractivity contribution in [3.05, 3.63) is 52.5 Å². The van der Waals surface area contributed by atoms with E-state index >= 15 is 0 Å². The maximum Gasteiger partial charge on any atom is 0.251 e. The topological polar surface area (TPSA) is 56.8 Å². The molecule has 2 aromatic carbocycles. The van der Waals surface area contributed by atoms with E-state index in [-0.39, 0.29) is 11.9 Å². The van der Waals surface area contributed by atoms with E-state index in [0.717, 1.165) is 12.0 Å². The molecule has 2 aromatic rings. The second-order valence-electron chi connectivity index (χ2n) is 5.40. The van der Waals surface area contributed by atoms with Gasteiger partial charge in [0.1, 0.15) is 5.75 Å². The number of nitrogens with one attached hydrogen (secondary N) is 1. The van der Waals surface area contributed by atoms with Gasteiger partial charge >= 0.3 is 0 Å². The zero-order valence-corrected chi connectivity index (χ0v) is 15.5. The first-order valence-electron chi connectivity index (χ1n) is 7.90. The zero-order valence-electron chi connectivity index (χ0n) is 14.8. The maximum absolute atomic E-state index is 12.6. The van der Waals surface area contributed by atoms with E-state index in [0.29, 0.717) is 27.8 Å². The van der Waals surface area contributed by atoms with E-state index in [1.807, 2.05) is 25.1 Å². The molecule has 0 aliphatic carbocycles. The van der Waals surface area contributed by atoms with Gasteiger partial charge in [-0.2, -0.15) is 0 Å². The van der Waals surface area contributed by atoms with E-state index in [2.05, 4.69) is 5.32 Å². The lowest BCUT2D eigenvalue weighted by atomic mass is 10.0. The summed E-state index contributed by atoms with van der Waals surface area (Å²) in [7, 11) is 4.70. The van der Waals surface area contributed by atoms with E-state index in [4.69, 9.17) is 25.8 Å². The van der Waals surface area contributed by atoms with Crippen molar-refractivity contribution in [2.45, 2.75) is 19.4 Å². The summed E-state index contributed by atoms with van der Waals surface area (Å²) in [5, 5.41) is 3.42. The molecule has 0 aliphatic heterocycles. The van der Waals surface area contributed by atoms with Crippen molar-refractivity contribution in [3.8, 4) is 17.2 Å². The van der Waals surface area contributed by atoms with Gasteiger partial charge < -0.3 is 19.5 Å². The fourth-order valence-corrected chi connectivity index (χ4v) is 2.80. The van der Waals surface area contributed by atoms with Gasteiger partial charge in [-0.3, -0.25) is 4.79 Å². The molecule has 1 atom stereocenters. The van der Waals surface area contributed by atoms with Crippen molar-refractivity contribution >= 4 is 17.5 Å². The van der Waals surface area contributed by atoms with E-state index in [1.165, 1.54) is 7.11 Å². The van der Waals surface area contributed by atoms with Gasteiger partial charge in [0.2, 0.25) is 0 Å². The van der Waals surface area contributed by atoms with E-state index in [9.17, 15) is 4.79 Å². The van der Waals surface area contributed by atoms with Crippen LogP contribution in [-0.4, -0.2) is 27.2 Å². The number of halogens is 1. The van der Waals surface area contributed by atoms with Gasteiger partial charge in [0, 0.05) is 5.56 Å². The SMILES string of the molecule is CC[C@@H](NC(=O)c1ccc(OC)c(Cl)c1)c1ccc(OC)c(OC)c1. The van der Waals surface area contributed by atoms with Crippen molar-refractivity contribution in [1.82, 2.24) is 5.32 Å². The Kier molecular flexibility index (Phi) is 6.53. The van der Waals surface area contributed by atoms with Crippen LogP contribution in [-0.2, 0) is 0 Å². The fraction of sp³-hybridized carbons (Fsp3) is 0.316. The standard InChI is InChI=1S/C19H22ClNO4/c1-5-15(12-6-9-17(24-3)18(11-12)25-4)21-19(22)13-7-8-16(23-2)14(20)10-13/h6-11,15H,5H2,1-4H3,(H,21,22)/t15-/m1/s1. The van der Waals surface area contributed by atoms with Gasteiger partial charge in [-0.1, -0.05) is 24.6 Å². The Bertz CT molecular complexity index is 748. The number of methoxy groups -OCH3 is 3. The summed E-state index contributed by atoms with van der Waals surface area (Å²) >= 11 is 6.10. The van der Waals surface area contributed by atoms with Crippen LogP contribution in [0.1, 0.15) is 35.3 Å². The van der Waals surface area contributed by atoms with Crippen LogP contribution in [0.4, 0.5) is 0 Å². The van der Waals surface area contributed by atoms with Crippen molar-refractivity contribution in [2.75, 3.05) is 21.3 Å². The summed E-state index contributed by atoms with van der Waals surface area (Å²) in [6.45, 7) is 2.00. The average Bonchev–Trinajstić information content (AvgIpc) is 2.65. The summed E-state index contributed by atoms with van der Waals surface area (Å²) in [4.78, 5) is 12.6. The first-order valence-corrected chi connectivity index (χ1v) is 8.28. The molecule has 0 radical (unpaired) electrons. The van der Waals surface area contributed by atoms with Crippen molar-refractivity contribution in [1.29, 1.82) is 0 Å². The van der Waals surface area contributed by atoms with Gasteiger partial charge in [-0.15, -0.1) is 0 Å². The molecule has 0 saturated heterocycles. The maximum atomic E-state index is 12.6. The second-order valence-corrected chi connectivity index (χ2v) is 5.81. The predicted octanol–water partition coefficient (Wildman–Crippen LogP) is 4.25. The van der Waals surface area contributed by atoms with Crippen molar-refractivity contribution < 1.29 is 19.0 Å². The molecule has 1 N–H and O–H groups in total. The van der Waals surface area contributed by atoms with Crippen LogP contribution < -0.4 is 19.5 Å². The minimum absolute atomic E-state index is 0.159. The number of hydrogen-bond donors (Lipinski definition) is 1. The van der Waals surface area contributed by atoms with Crippen LogP contribution in [0.25, 0.3) is 0 Å². The lowest BCUT2D eigenvalue weighted by Crippen LogP contribution is -2.28. The molecule has 5 nitrogen and oxygen atoms in total. The number of ether oxygens (including phenoxy) is 3. The number of amides is 1. The van der Waals surface area contributed by atoms with Crippen LogP contribution in [0.3, 0.4) is 0 Å². The minimum atomic E-state index is -0.203. The fourth-order valence-electron chi connectivity index (χ4n) is 2.54. The molecule has 1 amide bonds. The molecule has 0 aromatic heterocycles. The van der Waals surface area contributed by atoms with Crippen LogP contribution in [0.2, 0.25) is 5.02 Å². The molecule has 0 heterocycles. The number of carbonyl (C=O) groups excluding carboxylic acids is 1. The molecule has 0 unspecified atom stereocenters. The van der Waals surface area contributed by atoms with Crippen molar-refractivity contribution in [2.24, 2.45) is 0 Å². The average molecular weight is 364 g/mol. The van der Waals surface area contributed by atoms with Gasteiger partial charge in [-0.25, -0.2) is 0 Å². The Balaban J connectivity index is 2.21. The van der Waals surface area contributed by atoms with Gasteiger partial charge in [0.15, 0.2) is 11.5 Å². The molecular formula is C19H22ClNO4. The van der Waals surface area contributed by atoms with Crippen LogP contribution >= 0.6 is 11.6 Å². The number of benzene rings is 2. The predicted molar refractivity (Wildman–Crippen MR) is 98.0 cm³/mol. The highest BCUT2D eigenvalue weighted by molar-refractivity contribution is 6.32. The van der Waals surface area contributed by atoms with Gasteiger partial charge in [0.25, 0.3) is 5.91 Å². The molecule has 0 aliphatic rings. The third kappa shape index (κ3) is 4.37. The molecular weight excluding hydrogens is 342 g/mol. The second kappa shape index (κ2) is 8.62. The number of rotatable bonds is 7. The summed E-state index contributed by atoms with van der Waals surface area (Å²) in [6, 6.07) is 10.4. The van der Waals surface area contributed by atoms with Gasteiger partial charge in [-0.05, 0) is 42.3 Å². The van der Waals surface area contributed by atoms with E-state index < -0.39 is 0 Å². The van der Waals surface area contributed by atoms with Crippen LogP contribution in [0.5, 0.6) is 17.2 Å². The molecule has 0 spiro atoms. The normalized spacial score (nSPS) is 11.6. The highest BCUT2D eigenvalue weighted by Crippen LogP contribution is 2.31. The molecule has 0 fully saturated rings. The Hall–Kier alpha value is -2.40. The summed E-state index contributed by atoms with van der Waals surface area (Å²) in [5.74, 6) is 1.60. The third-order valence-electron chi connectivity index (χ3n) is 3.94. The highest BCUT2D eigenvalue weighted by atomic mass is 35.5. The molecule has 0 bridgehead atoms. The Morgan fingerprint density at radius 1 is 1.00 bits per heavy atom. The molecule has 2 rings (SSSR count). The number of carbonyl (C=O) groups is 1. The lowest BCUT2D eigenvalue weighted by molar-refractivity contribution is 0.0935. The third-order valence-corrected chi connectivity index (χ3v) is 4.23. The minimum Gasteiger partial charge on any atom is -0.495 e. The molecule has 25 heavy (non-hydrogen) atoms. The smallest absolute Gasteiger partial charge is 0.251 e. The van der Waals surface area contributed by atoms with Crippen LogP contribution in [0, 0.1) is 0 Å². The first-order chi connectivity index (χ1) is 12.0. The largest absolute Gasteiger partial charge is 0.495 e. The van der Waals surface area contributed by atoms with Crippen molar-refractivity contribution in [3.63, 3.8) is 0 Å². The van der Waals surface area contributed by atoms with Crippen LogP contribution in [0.15, 0.2) is 36.4 Å². The summed E-state index contributed by atoms with van der Waals surface area (Å²) in [6.07, 6.45) is 0.727. The Morgan fingerprint density at radius 2 is 1.64 bits per heavy atom. The van der Waals surface area contributed by atoms with E-state index in [1.54, 1.807) is 32.4 Å². The van der Waals surface area contributed by atoms with Gasteiger partial charge in [0.05, 0.1) is 32.4 Å². The first kappa shape index (κ1) is 18.9. The Labute approximate surface area is 152 Å². The molecule has 6 heteroatoms. The summed E-state index contributed by atoms with van der Waals surface area (Å²) < 4.78 is 15.7. The molecule has 0 saturated carbocycles. The summed E-state index contributed by atoms with van der Waals surface area (Å²) in [5.41, 5.74) is 1.41.